The number of anilines is 1. The molecule has 3 heterocycles. The third kappa shape index (κ3) is 3.12. The van der Waals surface area contributed by atoms with Crippen molar-refractivity contribution in [3.63, 3.8) is 0 Å². The first-order chi connectivity index (χ1) is 9.91. The van der Waals surface area contributed by atoms with Gasteiger partial charge in [-0.05, 0) is 12.1 Å². The van der Waals surface area contributed by atoms with Crippen LogP contribution in [-0.2, 0) is 12.7 Å². The fourth-order valence-corrected chi connectivity index (χ4v) is 2.50. The van der Waals surface area contributed by atoms with Crippen LogP contribution in [0.3, 0.4) is 0 Å². The topological polar surface area (TPSA) is 34.0 Å². The Kier molecular flexibility index (Phi) is 3.52. The van der Waals surface area contributed by atoms with E-state index in [4.69, 9.17) is 11.6 Å². The van der Waals surface area contributed by atoms with Gasteiger partial charge in [0.2, 0.25) is 0 Å². The number of hydrogen-bond donors (Lipinski definition) is 0. The van der Waals surface area contributed by atoms with Gasteiger partial charge in [0.25, 0.3) is 0 Å². The summed E-state index contributed by atoms with van der Waals surface area (Å²) in [5.41, 5.74) is -0.671. The molecule has 0 atom stereocenters. The van der Waals surface area contributed by atoms with Crippen LogP contribution in [0.1, 0.15) is 5.56 Å². The summed E-state index contributed by atoms with van der Waals surface area (Å²) in [7, 11) is 0. The molecular weight excluding hydrogens is 305 g/mol. The van der Waals surface area contributed by atoms with Gasteiger partial charge in [0.15, 0.2) is 0 Å². The lowest BCUT2D eigenvalue weighted by molar-refractivity contribution is -0.137. The van der Waals surface area contributed by atoms with E-state index in [1.165, 1.54) is 6.20 Å². The summed E-state index contributed by atoms with van der Waals surface area (Å²) >= 11 is 5.78. The molecule has 0 unspecified atom stereocenters. The Morgan fingerprint density at radius 1 is 1.33 bits per heavy atom. The Balaban J connectivity index is 1.61. The van der Waals surface area contributed by atoms with Crippen LogP contribution < -0.4 is 4.90 Å². The highest BCUT2D eigenvalue weighted by Crippen LogP contribution is 2.32. The van der Waals surface area contributed by atoms with Crippen LogP contribution in [0.4, 0.5) is 19.0 Å². The molecule has 0 aliphatic carbocycles. The van der Waals surface area contributed by atoms with E-state index in [1.807, 2.05) is 4.90 Å². The maximum Gasteiger partial charge on any atom is 0.416 e. The van der Waals surface area contributed by atoms with Crippen molar-refractivity contribution in [3.05, 3.63) is 41.3 Å². The molecular formula is C13H12ClF3N4. The standard InChI is InChI=1S/C13H12ClF3N4/c14-11-4-19-21(8-11)7-9-5-20(6-9)12-3-10(1-2-18-12)13(15,16)17/h1-4,8-9H,5-7H2. The summed E-state index contributed by atoms with van der Waals surface area (Å²) in [5, 5.41) is 4.66. The van der Waals surface area contributed by atoms with Gasteiger partial charge in [-0.1, -0.05) is 11.6 Å². The minimum atomic E-state index is -4.34. The summed E-state index contributed by atoms with van der Waals surface area (Å²) in [4.78, 5) is 5.83. The minimum Gasteiger partial charge on any atom is -0.356 e. The predicted octanol–water partition coefficient (Wildman–Crippen LogP) is 3.09. The molecule has 8 heteroatoms. The molecule has 1 fully saturated rings. The van der Waals surface area contributed by atoms with Gasteiger partial charge < -0.3 is 4.90 Å². The van der Waals surface area contributed by atoms with Crippen molar-refractivity contribution >= 4 is 17.4 Å². The molecule has 1 aliphatic rings. The van der Waals surface area contributed by atoms with Crippen molar-refractivity contribution in [2.45, 2.75) is 12.7 Å². The summed E-state index contributed by atoms with van der Waals surface area (Å²) in [6.07, 6.45) is 0.144. The summed E-state index contributed by atoms with van der Waals surface area (Å²) in [5.74, 6) is 0.692. The minimum absolute atomic E-state index is 0.331. The molecule has 0 amide bonds. The van der Waals surface area contributed by atoms with E-state index < -0.39 is 11.7 Å². The van der Waals surface area contributed by atoms with Gasteiger partial charge >= 0.3 is 6.18 Å². The molecule has 0 N–H and O–H groups in total. The van der Waals surface area contributed by atoms with Crippen molar-refractivity contribution in [3.8, 4) is 0 Å². The van der Waals surface area contributed by atoms with E-state index in [-0.39, 0.29) is 0 Å². The lowest BCUT2D eigenvalue weighted by Gasteiger charge is -2.40. The molecule has 4 nitrogen and oxygen atoms in total. The Hall–Kier alpha value is -1.76. The molecule has 2 aromatic heterocycles. The van der Waals surface area contributed by atoms with Gasteiger partial charge in [0, 0.05) is 37.9 Å². The van der Waals surface area contributed by atoms with Crippen LogP contribution in [0, 0.1) is 5.92 Å². The number of nitrogens with zero attached hydrogens (tertiary/aromatic N) is 4. The molecule has 1 saturated heterocycles. The van der Waals surface area contributed by atoms with Crippen LogP contribution in [0.5, 0.6) is 0 Å². The van der Waals surface area contributed by atoms with Crippen LogP contribution >= 0.6 is 11.6 Å². The zero-order valence-corrected chi connectivity index (χ0v) is 11.6. The molecule has 1 aliphatic heterocycles. The normalized spacial score (nSPS) is 16.1. The third-order valence-corrected chi connectivity index (χ3v) is 3.60. The van der Waals surface area contributed by atoms with Crippen LogP contribution in [0.25, 0.3) is 0 Å². The van der Waals surface area contributed by atoms with Crippen LogP contribution in [0.2, 0.25) is 5.02 Å². The van der Waals surface area contributed by atoms with Crippen molar-refractivity contribution in [2.24, 2.45) is 5.92 Å². The van der Waals surface area contributed by atoms with Crippen LogP contribution in [-0.4, -0.2) is 27.9 Å². The Labute approximate surface area is 124 Å². The van der Waals surface area contributed by atoms with Gasteiger partial charge in [0.05, 0.1) is 16.8 Å². The number of alkyl halides is 3. The smallest absolute Gasteiger partial charge is 0.356 e. The molecule has 21 heavy (non-hydrogen) atoms. The lowest BCUT2D eigenvalue weighted by atomic mass is 10.00. The van der Waals surface area contributed by atoms with Crippen molar-refractivity contribution in [2.75, 3.05) is 18.0 Å². The maximum absolute atomic E-state index is 12.6. The number of hydrogen-bond acceptors (Lipinski definition) is 3. The monoisotopic (exact) mass is 316 g/mol. The first-order valence-corrected chi connectivity index (χ1v) is 6.76. The first-order valence-electron chi connectivity index (χ1n) is 6.38. The zero-order valence-electron chi connectivity index (χ0n) is 10.9. The van der Waals surface area contributed by atoms with Gasteiger partial charge in [-0.25, -0.2) is 4.98 Å². The zero-order chi connectivity index (χ0) is 15.0. The average Bonchev–Trinajstić information content (AvgIpc) is 2.78. The molecule has 2 aromatic rings. The largest absolute Gasteiger partial charge is 0.416 e. The number of halogens is 4. The van der Waals surface area contributed by atoms with Crippen LogP contribution in [0.15, 0.2) is 30.7 Å². The van der Waals surface area contributed by atoms with E-state index in [1.54, 1.807) is 17.1 Å². The van der Waals surface area contributed by atoms with E-state index in [0.29, 0.717) is 36.4 Å². The highest BCUT2D eigenvalue weighted by atomic mass is 35.5. The molecule has 0 bridgehead atoms. The molecule has 0 radical (unpaired) electrons. The van der Waals surface area contributed by atoms with E-state index in [0.717, 1.165) is 12.1 Å². The quantitative estimate of drug-likeness (QED) is 0.872. The van der Waals surface area contributed by atoms with Gasteiger partial charge in [-0.3, -0.25) is 4.68 Å². The average molecular weight is 317 g/mol. The highest BCUT2D eigenvalue weighted by Gasteiger charge is 2.33. The Morgan fingerprint density at radius 2 is 2.10 bits per heavy atom. The maximum atomic E-state index is 12.6. The molecule has 0 saturated carbocycles. The van der Waals surface area contributed by atoms with Gasteiger partial charge in [-0.2, -0.15) is 18.3 Å². The molecule has 0 aromatic carbocycles. The second kappa shape index (κ2) is 5.22. The van der Waals surface area contributed by atoms with E-state index >= 15 is 0 Å². The first kappa shape index (κ1) is 14.2. The van der Waals surface area contributed by atoms with Crippen molar-refractivity contribution < 1.29 is 13.2 Å². The lowest BCUT2D eigenvalue weighted by Crippen LogP contribution is -2.49. The Bertz CT molecular complexity index is 634. The summed E-state index contributed by atoms with van der Waals surface area (Å²) < 4.78 is 39.7. The third-order valence-electron chi connectivity index (χ3n) is 3.40. The van der Waals surface area contributed by atoms with E-state index in [2.05, 4.69) is 10.1 Å². The number of rotatable bonds is 3. The predicted molar refractivity (Wildman–Crippen MR) is 72.2 cm³/mol. The van der Waals surface area contributed by atoms with Gasteiger partial charge in [0.1, 0.15) is 5.82 Å². The fourth-order valence-electron chi connectivity index (χ4n) is 2.34. The second-order valence-corrected chi connectivity index (χ2v) is 5.49. The fraction of sp³-hybridized carbons (Fsp3) is 0.385. The SMILES string of the molecule is FC(F)(F)c1ccnc(N2CC(Cn3cc(Cl)cn3)C2)c1. The molecule has 112 valence electrons. The van der Waals surface area contributed by atoms with Crippen molar-refractivity contribution in [1.29, 1.82) is 0 Å². The molecule has 0 spiro atoms. The summed E-state index contributed by atoms with van der Waals surface area (Å²) in [6, 6.07) is 2.06. The van der Waals surface area contributed by atoms with Crippen molar-refractivity contribution in [1.82, 2.24) is 14.8 Å². The number of pyridine rings is 1. The number of aromatic nitrogens is 3. The molecule has 3 rings (SSSR count). The summed E-state index contributed by atoms with van der Waals surface area (Å²) in [6.45, 7) is 2.01. The highest BCUT2D eigenvalue weighted by molar-refractivity contribution is 6.30. The second-order valence-electron chi connectivity index (χ2n) is 5.05. The Morgan fingerprint density at radius 3 is 2.71 bits per heavy atom. The van der Waals surface area contributed by atoms with Gasteiger partial charge in [-0.15, -0.1) is 0 Å². The van der Waals surface area contributed by atoms with E-state index in [9.17, 15) is 13.2 Å².